The first-order valence-corrected chi connectivity index (χ1v) is 8.50. The Balaban J connectivity index is 0.00000144. The lowest BCUT2D eigenvalue weighted by molar-refractivity contribution is 0.0714. The topological polar surface area (TPSA) is 62.5 Å². The number of carbonyl (C=O) groups excluding carboxylic acids is 1. The number of amides is 1. The lowest BCUT2D eigenvalue weighted by atomic mass is 10.1. The van der Waals surface area contributed by atoms with E-state index < -0.39 is 0 Å². The fraction of sp³-hybridized carbons (Fsp3) is 0.647. The Morgan fingerprint density at radius 3 is 2.17 bits per heavy atom. The van der Waals surface area contributed by atoms with Crippen LogP contribution in [-0.4, -0.2) is 48.0 Å². The normalized spacial score (nSPS) is 19.0. The Labute approximate surface area is 156 Å². The van der Waals surface area contributed by atoms with E-state index in [1.54, 1.807) is 6.20 Å². The van der Waals surface area contributed by atoms with Crippen LogP contribution in [0.2, 0.25) is 0 Å². The van der Waals surface area contributed by atoms with E-state index in [9.17, 15) is 4.79 Å². The number of pyridine rings is 1. The fourth-order valence-electron chi connectivity index (χ4n) is 3.28. The molecule has 0 aliphatic carbocycles. The van der Waals surface area contributed by atoms with Crippen LogP contribution < -0.4 is 10.6 Å². The zero-order chi connectivity index (χ0) is 15.4. The molecule has 3 rings (SSSR count). The summed E-state index contributed by atoms with van der Waals surface area (Å²) in [5, 5.41) is 0. The Morgan fingerprint density at radius 1 is 1.00 bits per heavy atom. The van der Waals surface area contributed by atoms with Gasteiger partial charge in [0.15, 0.2) is 0 Å². The lowest BCUT2D eigenvalue weighted by Crippen LogP contribution is -2.42. The van der Waals surface area contributed by atoms with Crippen molar-refractivity contribution in [3.05, 3.63) is 23.9 Å². The van der Waals surface area contributed by atoms with E-state index >= 15 is 0 Å². The average Bonchev–Trinajstić information content (AvgIpc) is 2.84. The molecule has 7 heteroatoms. The molecule has 2 saturated heterocycles. The van der Waals surface area contributed by atoms with Crippen molar-refractivity contribution in [1.82, 2.24) is 9.88 Å². The molecule has 24 heavy (non-hydrogen) atoms. The van der Waals surface area contributed by atoms with Gasteiger partial charge in [0.2, 0.25) is 0 Å². The number of halogens is 2. The monoisotopic (exact) mass is 374 g/mol. The van der Waals surface area contributed by atoms with E-state index in [0.29, 0.717) is 5.56 Å². The summed E-state index contributed by atoms with van der Waals surface area (Å²) in [6, 6.07) is 4.16. The molecular formula is C17H28Cl2N4O. The molecule has 136 valence electrons. The zero-order valence-corrected chi connectivity index (χ0v) is 15.7. The number of aromatic nitrogens is 1. The number of hydrogen-bond acceptors (Lipinski definition) is 4. The van der Waals surface area contributed by atoms with Crippen molar-refractivity contribution in [1.29, 1.82) is 0 Å². The van der Waals surface area contributed by atoms with Gasteiger partial charge in [-0.25, -0.2) is 4.98 Å². The molecule has 1 amide bonds. The summed E-state index contributed by atoms with van der Waals surface area (Å²) in [7, 11) is 0. The third-order valence-electron chi connectivity index (χ3n) is 4.75. The molecule has 2 fully saturated rings. The highest BCUT2D eigenvalue weighted by Gasteiger charge is 2.22. The van der Waals surface area contributed by atoms with Gasteiger partial charge in [-0.2, -0.15) is 0 Å². The van der Waals surface area contributed by atoms with Crippen molar-refractivity contribution in [2.45, 2.75) is 44.6 Å². The largest absolute Gasteiger partial charge is 0.357 e. The highest BCUT2D eigenvalue weighted by Crippen LogP contribution is 2.18. The summed E-state index contributed by atoms with van der Waals surface area (Å²) >= 11 is 0. The maximum absolute atomic E-state index is 12.5. The van der Waals surface area contributed by atoms with Crippen molar-refractivity contribution in [3.8, 4) is 0 Å². The van der Waals surface area contributed by atoms with Crippen LogP contribution in [0.1, 0.15) is 48.9 Å². The molecule has 0 bridgehead atoms. The molecule has 2 aliphatic rings. The van der Waals surface area contributed by atoms with E-state index in [2.05, 4.69) is 9.88 Å². The van der Waals surface area contributed by atoms with E-state index in [1.165, 1.54) is 25.7 Å². The molecule has 0 aromatic carbocycles. The molecule has 3 heterocycles. The first-order valence-electron chi connectivity index (χ1n) is 8.50. The number of hydrogen-bond donors (Lipinski definition) is 1. The van der Waals surface area contributed by atoms with Crippen molar-refractivity contribution < 1.29 is 4.79 Å². The van der Waals surface area contributed by atoms with Crippen molar-refractivity contribution in [3.63, 3.8) is 0 Å². The van der Waals surface area contributed by atoms with Crippen LogP contribution in [0.15, 0.2) is 18.3 Å². The van der Waals surface area contributed by atoms with Crippen LogP contribution in [0.5, 0.6) is 0 Å². The number of carbonyl (C=O) groups is 1. The summed E-state index contributed by atoms with van der Waals surface area (Å²) in [5.74, 6) is 1.08. The third-order valence-corrected chi connectivity index (χ3v) is 4.75. The molecule has 0 spiro atoms. The minimum atomic E-state index is 0. The number of rotatable bonds is 2. The standard InChI is InChI=1S/C17H26N4O.2ClH/c18-15-7-11-21(12-8-15)17(22)14-5-6-16(19-13-14)20-9-3-1-2-4-10-20;;/h5-6,13,15H,1-4,7-12,18H2;2*1H. The number of nitrogens with zero attached hydrogens (tertiary/aromatic N) is 3. The first-order chi connectivity index (χ1) is 10.7. The number of nitrogens with two attached hydrogens (primary N) is 1. The lowest BCUT2D eigenvalue weighted by Gasteiger charge is -2.30. The molecule has 1 aromatic heterocycles. The molecule has 0 saturated carbocycles. The molecule has 0 radical (unpaired) electrons. The van der Waals surface area contributed by atoms with Crippen molar-refractivity contribution in [2.24, 2.45) is 5.73 Å². The summed E-state index contributed by atoms with van der Waals surface area (Å²) < 4.78 is 0. The van der Waals surface area contributed by atoms with Crippen LogP contribution >= 0.6 is 24.8 Å². The second-order valence-electron chi connectivity index (χ2n) is 6.44. The Hall–Kier alpha value is -1.04. The van der Waals surface area contributed by atoms with Gasteiger partial charge in [0.05, 0.1) is 5.56 Å². The van der Waals surface area contributed by atoms with Crippen LogP contribution in [0, 0.1) is 0 Å². The quantitative estimate of drug-likeness (QED) is 0.864. The fourth-order valence-corrected chi connectivity index (χ4v) is 3.28. The van der Waals surface area contributed by atoms with E-state index in [0.717, 1.165) is 44.8 Å². The van der Waals surface area contributed by atoms with Gasteiger partial charge in [0, 0.05) is 38.4 Å². The van der Waals surface area contributed by atoms with Gasteiger partial charge in [-0.05, 0) is 37.8 Å². The third kappa shape index (κ3) is 5.23. The Kier molecular flexibility index (Phi) is 8.81. The van der Waals surface area contributed by atoms with E-state index in [4.69, 9.17) is 5.73 Å². The zero-order valence-electron chi connectivity index (χ0n) is 14.0. The molecule has 0 unspecified atom stereocenters. The van der Waals surface area contributed by atoms with Gasteiger partial charge in [0.1, 0.15) is 5.82 Å². The van der Waals surface area contributed by atoms with E-state index in [1.807, 2.05) is 17.0 Å². The summed E-state index contributed by atoms with van der Waals surface area (Å²) in [5.41, 5.74) is 6.58. The summed E-state index contributed by atoms with van der Waals surface area (Å²) in [6.07, 6.45) is 8.61. The smallest absolute Gasteiger partial charge is 0.255 e. The Bertz CT molecular complexity index is 496. The molecule has 1 aromatic rings. The number of piperidine rings is 1. The number of likely N-dealkylation sites (tertiary alicyclic amines) is 1. The summed E-state index contributed by atoms with van der Waals surface area (Å²) in [4.78, 5) is 21.2. The van der Waals surface area contributed by atoms with Crippen LogP contribution in [-0.2, 0) is 0 Å². The predicted molar refractivity (Wildman–Crippen MR) is 103 cm³/mol. The molecule has 2 N–H and O–H groups in total. The van der Waals surface area contributed by atoms with Crippen molar-refractivity contribution in [2.75, 3.05) is 31.1 Å². The predicted octanol–water partition coefficient (Wildman–Crippen LogP) is 2.87. The van der Waals surface area contributed by atoms with Gasteiger partial charge in [-0.15, -0.1) is 24.8 Å². The second kappa shape index (κ2) is 10.1. The highest BCUT2D eigenvalue weighted by atomic mass is 35.5. The summed E-state index contributed by atoms with van der Waals surface area (Å²) in [6.45, 7) is 3.66. The minimum absolute atomic E-state index is 0. The number of anilines is 1. The SMILES string of the molecule is Cl.Cl.NC1CCN(C(=O)c2ccc(N3CCCCCC3)nc2)CC1. The molecule has 0 atom stereocenters. The average molecular weight is 375 g/mol. The molecule has 2 aliphatic heterocycles. The molecule has 5 nitrogen and oxygen atoms in total. The first kappa shape index (κ1) is 21.0. The Morgan fingerprint density at radius 2 is 1.62 bits per heavy atom. The van der Waals surface area contributed by atoms with Crippen LogP contribution in [0.25, 0.3) is 0 Å². The van der Waals surface area contributed by atoms with Gasteiger partial charge in [-0.1, -0.05) is 12.8 Å². The van der Waals surface area contributed by atoms with Gasteiger partial charge in [-0.3, -0.25) is 4.79 Å². The minimum Gasteiger partial charge on any atom is -0.357 e. The van der Waals surface area contributed by atoms with Gasteiger partial charge < -0.3 is 15.5 Å². The van der Waals surface area contributed by atoms with Crippen LogP contribution in [0.3, 0.4) is 0 Å². The maximum Gasteiger partial charge on any atom is 0.255 e. The van der Waals surface area contributed by atoms with Gasteiger partial charge in [0.25, 0.3) is 5.91 Å². The maximum atomic E-state index is 12.5. The second-order valence-corrected chi connectivity index (χ2v) is 6.44. The highest BCUT2D eigenvalue weighted by molar-refractivity contribution is 5.94. The van der Waals surface area contributed by atoms with Crippen molar-refractivity contribution >= 4 is 36.5 Å². The van der Waals surface area contributed by atoms with Gasteiger partial charge >= 0.3 is 0 Å². The van der Waals surface area contributed by atoms with Crippen LogP contribution in [0.4, 0.5) is 5.82 Å². The molecular weight excluding hydrogens is 347 g/mol. The van der Waals surface area contributed by atoms with E-state index in [-0.39, 0.29) is 36.8 Å².